The summed E-state index contributed by atoms with van der Waals surface area (Å²) < 4.78 is 5.07. The Hall–Kier alpha value is -3.38. The summed E-state index contributed by atoms with van der Waals surface area (Å²) in [5.41, 5.74) is 13.1. The van der Waals surface area contributed by atoms with E-state index in [1.165, 1.54) is 33.6 Å². The summed E-state index contributed by atoms with van der Waals surface area (Å²) in [6.45, 7) is 0. The van der Waals surface area contributed by atoms with Crippen LogP contribution >= 0.6 is 11.3 Å². The molecule has 5 rings (SSSR count). The molecule has 2 aromatic heterocycles. The first kappa shape index (κ1) is 15.8. The maximum atomic E-state index is 12.8. The zero-order valence-electron chi connectivity index (χ0n) is 14.2. The number of nitrogens with one attached hydrogen (secondary N) is 1. The second-order valence-corrected chi connectivity index (χ2v) is 7.22. The molecule has 0 saturated heterocycles. The zero-order valence-corrected chi connectivity index (χ0v) is 15.0. The fraction of sp³-hybridized carbons (Fsp3) is 0.0476. The summed E-state index contributed by atoms with van der Waals surface area (Å²) >= 11 is 1.52. The molecule has 27 heavy (non-hydrogen) atoms. The van der Waals surface area contributed by atoms with Crippen LogP contribution in [-0.2, 0) is 6.42 Å². The maximum Gasteiger partial charge on any atom is 0.263 e. The summed E-state index contributed by atoms with van der Waals surface area (Å²) in [5, 5.41) is 10.7. The third-order valence-electron chi connectivity index (χ3n) is 4.79. The average molecular weight is 373 g/mol. The van der Waals surface area contributed by atoms with Gasteiger partial charge in [0.05, 0.1) is 0 Å². The van der Waals surface area contributed by atoms with Crippen molar-refractivity contribution in [1.82, 2.24) is 5.16 Å². The van der Waals surface area contributed by atoms with E-state index in [0.717, 1.165) is 17.7 Å². The third kappa shape index (κ3) is 2.62. The predicted octanol–water partition coefficient (Wildman–Crippen LogP) is 4.81. The topological polar surface area (TPSA) is 81.2 Å². The molecule has 6 heteroatoms. The number of hydrogen-bond acceptors (Lipinski definition) is 5. The highest BCUT2D eigenvalue weighted by Crippen LogP contribution is 2.38. The molecule has 0 bridgehead atoms. The molecule has 2 heterocycles. The molecule has 0 atom stereocenters. The molecule has 0 unspecified atom stereocenters. The van der Waals surface area contributed by atoms with E-state index in [1.807, 2.05) is 47.2 Å². The number of carbonyl (C=O) groups is 1. The number of carbonyl (C=O) groups excluding carboxylic acids is 1. The second-order valence-electron chi connectivity index (χ2n) is 6.44. The highest BCUT2D eigenvalue weighted by Gasteiger charge is 2.24. The van der Waals surface area contributed by atoms with Crippen molar-refractivity contribution in [2.75, 3.05) is 11.1 Å². The molecular weight excluding hydrogens is 358 g/mol. The van der Waals surface area contributed by atoms with Crippen molar-refractivity contribution in [3.8, 4) is 22.4 Å². The Morgan fingerprint density at radius 2 is 1.96 bits per heavy atom. The van der Waals surface area contributed by atoms with Gasteiger partial charge in [0.2, 0.25) is 5.88 Å². The van der Waals surface area contributed by atoms with Crippen LogP contribution in [0.1, 0.15) is 21.5 Å². The highest BCUT2D eigenvalue weighted by atomic mass is 32.1. The lowest BCUT2D eigenvalue weighted by atomic mass is 10.1. The van der Waals surface area contributed by atoms with E-state index in [2.05, 4.69) is 22.6 Å². The smallest absolute Gasteiger partial charge is 0.263 e. The Bertz CT molecular complexity index is 1160. The summed E-state index contributed by atoms with van der Waals surface area (Å²) in [7, 11) is 0. The molecule has 132 valence electrons. The fourth-order valence-electron chi connectivity index (χ4n) is 3.53. The molecule has 0 aliphatic heterocycles. The number of rotatable bonds is 3. The minimum Gasteiger partial charge on any atom is -0.367 e. The number of nitrogen functional groups attached to an aromatic ring is 1. The van der Waals surface area contributed by atoms with Crippen molar-refractivity contribution >= 4 is 28.8 Å². The molecule has 0 fully saturated rings. The van der Waals surface area contributed by atoms with Crippen LogP contribution in [-0.4, -0.2) is 11.1 Å². The van der Waals surface area contributed by atoms with E-state index in [9.17, 15) is 4.79 Å². The summed E-state index contributed by atoms with van der Waals surface area (Å²) in [5.74, 6) is -0.312. The van der Waals surface area contributed by atoms with Crippen molar-refractivity contribution in [1.29, 1.82) is 0 Å². The SMILES string of the molecule is Nc1onc(-c2ccsc2)c1C(=O)Nc1ccc2c(c1)Cc1ccccc1-2. The number of thiophene rings is 1. The van der Waals surface area contributed by atoms with Gasteiger partial charge in [0.1, 0.15) is 11.3 Å². The van der Waals surface area contributed by atoms with Crippen molar-refractivity contribution in [2.24, 2.45) is 0 Å². The molecule has 3 N–H and O–H groups in total. The maximum absolute atomic E-state index is 12.8. The van der Waals surface area contributed by atoms with Gasteiger partial charge in [-0.15, -0.1) is 0 Å². The van der Waals surface area contributed by atoms with Crippen molar-refractivity contribution < 1.29 is 9.32 Å². The van der Waals surface area contributed by atoms with Gasteiger partial charge in [-0.25, -0.2) is 0 Å². The highest BCUT2D eigenvalue weighted by molar-refractivity contribution is 7.08. The number of aromatic nitrogens is 1. The van der Waals surface area contributed by atoms with Crippen molar-refractivity contribution in [2.45, 2.75) is 6.42 Å². The van der Waals surface area contributed by atoms with E-state index in [0.29, 0.717) is 5.69 Å². The van der Waals surface area contributed by atoms with Crippen molar-refractivity contribution in [3.05, 3.63) is 76.0 Å². The Balaban J connectivity index is 1.45. The minimum absolute atomic E-state index is 0.0160. The van der Waals surface area contributed by atoms with E-state index in [-0.39, 0.29) is 17.4 Å². The first-order valence-corrected chi connectivity index (χ1v) is 9.45. The summed E-state index contributed by atoms with van der Waals surface area (Å²) in [6, 6.07) is 16.2. The molecule has 2 aromatic carbocycles. The van der Waals surface area contributed by atoms with Gasteiger partial charge in [-0.2, -0.15) is 11.3 Å². The van der Waals surface area contributed by atoms with Gasteiger partial charge in [0.25, 0.3) is 5.91 Å². The van der Waals surface area contributed by atoms with Crippen LogP contribution in [0.4, 0.5) is 11.6 Å². The lowest BCUT2D eigenvalue weighted by Gasteiger charge is -2.08. The molecule has 1 aliphatic rings. The Morgan fingerprint density at radius 1 is 1.11 bits per heavy atom. The van der Waals surface area contributed by atoms with Crippen LogP contribution in [0.25, 0.3) is 22.4 Å². The van der Waals surface area contributed by atoms with Crippen LogP contribution in [0, 0.1) is 0 Å². The first-order valence-electron chi connectivity index (χ1n) is 8.51. The minimum atomic E-state index is -0.328. The van der Waals surface area contributed by atoms with Crippen LogP contribution < -0.4 is 11.1 Å². The number of nitrogens with two attached hydrogens (primary N) is 1. The largest absolute Gasteiger partial charge is 0.367 e. The van der Waals surface area contributed by atoms with Gasteiger partial charge in [0, 0.05) is 16.6 Å². The lowest BCUT2D eigenvalue weighted by Crippen LogP contribution is -2.14. The van der Waals surface area contributed by atoms with Gasteiger partial charge in [-0.1, -0.05) is 35.5 Å². The lowest BCUT2D eigenvalue weighted by molar-refractivity contribution is 0.102. The molecule has 1 amide bonds. The number of fused-ring (bicyclic) bond motifs is 3. The first-order chi connectivity index (χ1) is 13.2. The molecule has 4 aromatic rings. The number of nitrogens with zero attached hydrogens (tertiary/aromatic N) is 1. The van der Waals surface area contributed by atoms with E-state index in [4.69, 9.17) is 10.3 Å². The molecule has 0 radical (unpaired) electrons. The Morgan fingerprint density at radius 3 is 2.81 bits per heavy atom. The zero-order chi connectivity index (χ0) is 18.4. The van der Waals surface area contributed by atoms with Crippen LogP contribution in [0.3, 0.4) is 0 Å². The molecule has 5 nitrogen and oxygen atoms in total. The number of anilines is 2. The number of amides is 1. The van der Waals surface area contributed by atoms with Gasteiger partial charge >= 0.3 is 0 Å². The van der Waals surface area contributed by atoms with Gasteiger partial charge < -0.3 is 15.6 Å². The molecule has 0 spiro atoms. The van der Waals surface area contributed by atoms with E-state index >= 15 is 0 Å². The van der Waals surface area contributed by atoms with Crippen LogP contribution in [0.2, 0.25) is 0 Å². The Kier molecular flexibility index (Phi) is 3.58. The number of hydrogen-bond donors (Lipinski definition) is 2. The number of benzene rings is 2. The van der Waals surface area contributed by atoms with E-state index in [1.54, 1.807) is 0 Å². The molecular formula is C21H15N3O2S. The summed E-state index contributed by atoms with van der Waals surface area (Å²) in [6.07, 6.45) is 0.866. The van der Waals surface area contributed by atoms with Gasteiger partial charge in [0.15, 0.2) is 0 Å². The van der Waals surface area contributed by atoms with Crippen molar-refractivity contribution in [3.63, 3.8) is 0 Å². The van der Waals surface area contributed by atoms with Crippen LogP contribution in [0.15, 0.2) is 63.8 Å². The third-order valence-corrected chi connectivity index (χ3v) is 5.47. The Labute approximate surface area is 159 Å². The van der Waals surface area contributed by atoms with Gasteiger partial charge in [-0.05, 0) is 52.3 Å². The normalized spacial score (nSPS) is 11.9. The van der Waals surface area contributed by atoms with E-state index < -0.39 is 0 Å². The van der Waals surface area contributed by atoms with Crippen LogP contribution in [0.5, 0.6) is 0 Å². The molecule has 1 aliphatic carbocycles. The quantitative estimate of drug-likeness (QED) is 0.476. The average Bonchev–Trinajstić information content (AvgIpc) is 3.39. The second kappa shape index (κ2) is 6.10. The molecule has 0 saturated carbocycles. The monoisotopic (exact) mass is 373 g/mol. The summed E-state index contributed by atoms with van der Waals surface area (Å²) in [4.78, 5) is 12.8. The predicted molar refractivity (Wildman–Crippen MR) is 107 cm³/mol. The standard InChI is InChI=1S/C21H15N3O2S/c22-20-18(19(24-26-20)13-7-8-27-11-13)21(25)23-15-5-6-17-14(10-15)9-12-3-1-2-4-16(12)17/h1-8,10-11H,9,22H2,(H,23,25). The van der Waals surface area contributed by atoms with Gasteiger partial charge in [-0.3, -0.25) is 4.79 Å². The fourth-order valence-corrected chi connectivity index (χ4v) is 4.18.